The van der Waals surface area contributed by atoms with Gasteiger partial charge in [0.1, 0.15) is 6.10 Å². The SMILES string of the molecule is O=C(O)c1c(C(O)c2ccccc2)n(S(=O)(=O)c2ccccc2)c2ccccc12. The van der Waals surface area contributed by atoms with Gasteiger partial charge >= 0.3 is 5.97 Å². The molecule has 4 aromatic rings. The number of para-hydroxylation sites is 1. The molecule has 0 bridgehead atoms. The van der Waals surface area contributed by atoms with Crippen LogP contribution in [0, 0.1) is 0 Å². The number of aromatic carboxylic acids is 1. The van der Waals surface area contributed by atoms with Crippen LogP contribution in [0.3, 0.4) is 0 Å². The zero-order valence-corrected chi connectivity index (χ0v) is 16.0. The van der Waals surface area contributed by atoms with E-state index in [1.807, 2.05) is 0 Å². The molecule has 146 valence electrons. The Hall–Kier alpha value is -3.42. The van der Waals surface area contributed by atoms with E-state index in [4.69, 9.17) is 0 Å². The van der Waals surface area contributed by atoms with Crippen molar-refractivity contribution in [1.82, 2.24) is 3.97 Å². The van der Waals surface area contributed by atoms with Crippen molar-refractivity contribution >= 4 is 26.9 Å². The molecule has 1 atom stereocenters. The van der Waals surface area contributed by atoms with Gasteiger partial charge in [-0.1, -0.05) is 66.7 Å². The number of hydrogen-bond donors (Lipinski definition) is 2. The third kappa shape index (κ3) is 3.10. The summed E-state index contributed by atoms with van der Waals surface area (Å²) in [7, 11) is -4.17. The Labute approximate surface area is 167 Å². The highest BCUT2D eigenvalue weighted by molar-refractivity contribution is 7.90. The molecule has 0 aliphatic rings. The first kappa shape index (κ1) is 18.9. The standard InChI is InChI=1S/C22H17NO5S/c24-21(15-9-3-1-4-10-15)20-19(22(25)26)17-13-7-8-14-18(17)23(20)29(27,28)16-11-5-2-6-12-16/h1-14,21,24H,(H,25,26). The number of aliphatic hydroxyl groups is 1. The number of carboxylic acids is 1. The van der Waals surface area contributed by atoms with Crippen molar-refractivity contribution in [3.8, 4) is 0 Å². The molecule has 0 spiro atoms. The summed E-state index contributed by atoms with van der Waals surface area (Å²) < 4.78 is 27.9. The molecular weight excluding hydrogens is 390 g/mol. The Morgan fingerprint density at radius 3 is 2.00 bits per heavy atom. The summed E-state index contributed by atoms with van der Waals surface area (Å²) in [5.74, 6) is -1.31. The van der Waals surface area contributed by atoms with Gasteiger partial charge in [0.05, 0.1) is 21.7 Å². The Morgan fingerprint density at radius 2 is 1.38 bits per heavy atom. The van der Waals surface area contributed by atoms with Crippen LogP contribution < -0.4 is 0 Å². The van der Waals surface area contributed by atoms with Crippen LogP contribution >= 0.6 is 0 Å². The lowest BCUT2D eigenvalue weighted by molar-refractivity contribution is 0.0693. The molecule has 1 aromatic heterocycles. The minimum atomic E-state index is -4.17. The lowest BCUT2D eigenvalue weighted by Crippen LogP contribution is -2.20. The van der Waals surface area contributed by atoms with Crippen LogP contribution in [-0.2, 0) is 10.0 Å². The minimum Gasteiger partial charge on any atom is -0.478 e. The van der Waals surface area contributed by atoms with Crippen molar-refractivity contribution in [2.45, 2.75) is 11.0 Å². The third-order valence-electron chi connectivity index (χ3n) is 4.74. The third-order valence-corrected chi connectivity index (χ3v) is 6.48. The first-order valence-corrected chi connectivity index (χ1v) is 10.3. The molecule has 0 fully saturated rings. The number of benzene rings is 3. The molecule has 0 saturated carbocycles. The van der Waals surface area contributed by atoms with Gasteiger partial charge < -0.3 is 10.2 Å². The Bertz CT molecular complexity index is 1300. The van der Waals surface area contributed by atoms with Crippen molar-refractivity contribution in [3.63, 3.8) is 0 Å². The Morgan fingerprint density at radius 1 is 0.828 bits per heavy atom. The smallest absolute Gasteiger partial charge is 0.338 e. The predicted octanol–water partition coefficient (Wildman–Crippen LogP) is 3.66. The van der Waals surface area contributed by atoms with E-state index in [0.717, 1.165) is 3.97 Å². The number of aromatic nitrogens is 1. The first-order chi connectivity index (χ1) is 13.9. The molecule has 0 saturated heterocycles. The summed E-state index contributed by atoms with van der Waals surface area (Å²) in [5, 5.41) is 21.2. The van der Waals surface area contributed by atoms with Crippen LogP contribution in [0.15, 0.2) is 89.8 Å². The maximum Gasteiger partial charge on any atom is 0.338 e. The number of fused-ring (bicyclic) bond motifs is 1. The van der Waals surface area contributed by atoms with Gasteiger partial charge in [-0.05, 0) is 23.8 Å². The maximum absolute atomic E-state index is 13.5. The number of rotatable bonds is 5. The van der Waals surface area contributed by atoms with Crippen LogP contribution in [0.4, 0.5) is 0 Å². The molecule has 0 radical (unpaired) electrons. The fourth-order valence-corrected chi connectivity index (χ4v) is 5.03. The van der Waals surface area contributed by atoms with Crippen LogP contribution in [0.25, 0.3) is 10.9 Å². The summed E-state index contributed by atoms with van der Waals surface area (Å²) in [4.78, 5) is 12.1. The molecule has 0 amide bonds. The van der Waals surface area contributed by atoms with Gasteiger partial charge in [-0.15, -0.1) is 0 Å². The second kappa shape index (κ2) is 7.20. The normalized spacial score (nSPS) is 12.7. The maximum atomic E-state index is 13.5. The summed E-state index contributed by atoms with van der Waals surface area (Å²) in [6.45, 7) is 0. The van der Waals surface area contributed by atoms with E-state index < -0.39 is 22.1 Å². The molecule has 29 heavy (non-hydrogen) atoms. The van der Waals surface area contributed by atoms with Crippen molar-refractivity contribution < 1.29 is 23.4 Å². The summed E-state index contributed by atoms with van der Waals surface area (Å²) >= 11 is 0. The largest absolute Gasteiger partial charge is 0.478 e. The van der Waals surface area contributed by atoms with Crippen molar-refractivity contribution in [2.24, 2.45) is 0 Å². The van der Waals surface area contributed by atoms with Gasteiger partial charge in [0, 0.05) is 5.39 Å². The average Bonchev–Trinajstić information content (AvgIpc) is 3.10. The number of aliphatic hydroxyl groups excluding tert-OH is 1. The van der Waals surface area contributed by atoms with E-state index in [-0.39, 0.29) is 27.1 Å². The zero-order valence-electron chi connectivity index (χ0n) is 15.1. The van der Waals surface area contributed by atoms with Gasteiger partial charge in [0.15, 0.2) is 0 Å². The van der Waals surface area contributed by atoms with Crippen LogP contribution in [-0.4, -0.2) is 28.6 Å². The highest BCUT2D eigenvalue weighted by Gasteiger charge is 2.33. The van der Waals surface area contributed by atoms with E-state index in [2.05, 4.69) is 0 Å². The highest BCUT2D eigenvalue weighted by Crippen LogP contribution is 2.36. The summed E-state index contributed by atoms with van der Waals surface area (Å²) in [5.41, 5.74) is 0.145. The van der Waals surface area contributed by atoms with Gasteiger partial charge in [-0.2, -0.15) is 0 Å². The zero-order chi connectivity index (χ0) is 20.6. The molecule has 3 aromatic carbocycles. The molecule has 0 aliphatic carbocycles. The second-order valence-electron chi connectivity index (χ2n) is 6.48. The molecular formula is C22H17NO5S. The number of carbonyl (C=O) groups is 1. The summed E-state index contributed by atoms with van der Waals surface area (Å²) in [6.07, 6.45) is -1.45. The molecule has 0 aliphatic heterocycles. The van der Waals surface area contributed by atoms with Crippen LogP contribution in [0.1, 0.15) is 27.7 Å². The molecule has 1 heterocycles. The minimum absolute atomic E-state index is 0.000737. The van der Waals surface area contributed by atoms with Crippen molar-refractivity contribution in [1.29, 1.82) is 0 Å². The Kier molecular flexibility index (Phi) is 4.70. The topological polar surface area (TPSA) is 96.6 Å². The van der Waals surface area contributed by atoms with Crippen molar-refractivity contribution in [3.05, 3.63) is 102 Å². The van der Waals surface area contributed by atoms with E-state index in [0.29, 0.717) is 5.56 Å². The first-order valence-electron chi connectivity index (χ1n) is 8.83. The van der Waals surface area contributed by atoms with E-state index >= 15 is 0 Å². The second-order valence-corrected chi connectivity index (χ2v) is 8.26. The average molecular weight is 407 g/mol. The van der Waals surface area contributed by atoms with E-state index in [9.17, 15) is 23.4 Å². The number of hydrogen-bond acceptors (Lipinski definition) is 4. The van der Waals surface area contributed by atoms with Gasteiger partial charge in [-0.25, -0.2) is 17.2 Å². The quantitative estimate of drug-likeness (QED) is 0.526. The van der Waals surface area contributed by atoms with Crippen molar-refractivity contribution in [2.75, 3.05) is 0 Å². The van der Waals surface area contributed by atoms with Crippen LogP contribution in [0.5, 0.6) is 0 Å². The Balaban J connectivity index is 2.13. The number of nitrogens with zero attached hydrogens (tertiary/aromatic N) is 1. The lowest BCUT2D eigenvalue weighted by atomic mass is 10.0. The van der Waals surface area contributed by atoms with Gasteiger partial charge in [0.2, 0.25) is 0 Å². The number of carboxylic acid groups (broad SMARTS) is 1. The molecule has 1 unspecified atom stereocenters. The molecule has 4 rings (SSSR count). The lowest BCUT2D eigenvalue weighted by Gasteiger charge is -2.17. The van der Waals surface area contributed by atoms with Crippen LogP contribution in [0.2, 0.25) is 0 Å². The van der Waals surface area contributed by atoms with Gasteiger partial charge in [0.25, 0.3) is 10.0 Å². The predicted molar refractivity (Wildman–Crippen MR) is 108 cm³/mol. The fraction of sp³-hybridized carbons (Fsp3) is 0.0455. The monoisotopic (exact) mass is 407 g/mol. The van der Waals surface area contributed by atoms with E-state index in [1.54, 1.807) is 60.7 Å². The van der Waals surface area contributed by atoms with E-state index in [1.165, 1.54) is 24.3 Å². The highest BCUT2D eigenvalue weighted by atomic mass is 32.2. The molecule has 7 heteroatoms. The summed E-state index contributed by atoms with van der Waals surface area (Å²) in [6, 6.07) is 22.4. The molecule has 6 nitrogen and oxygen atoms in total. The fourth-order valence-electron chi connectivity index (χ4n) is 3.45. The molecule has 2 N–H and O–H groups in total. The van der Waals surface area contributed by atoms with Gasteiger partial charge in [-0.3, -0.25) is 0 Å².